The number of aromatic nitrogens is 4. The van der Waals surface area contributed by atoms with Crippen LogP contribution < -0.4 is 16.7 Å². The maximum Gasteiger partial charge on any atom is 0.458 e. The molecule has 4 rings (SSSR count). The summed E-state index contributed by atoms with van der Waals surface area (Å²) in [5, 5.41) is 0. The van der Waals surface area contributed by atoms with E-state index >= 15 is 0 Å². The standard InChI is InChI=1S/C21H26N7O5P/c1-14(27-31-10-15-5-3-2-4-6-15)21(29)33-34(23,30)32-11-16-7-8-17(9-16)28-13-26-18-19(22)24-12-25-20(18)28/h2-8,12-14,16-17,27H,9-11H2,1H3,(H2,23,30)(H2,22,24,25)/t14-,16-,17+,34?/m0/s1. The first-order valence-electron chi connectivity index (χ1n) is 10.6. The maximum absolute atomic E-state index is 12.5. The predicted octanol–water partition coefficient (Wildman–Crippen LogP) is 2.26. The summed E-state index contributed by atoms with van der Waals surface area (Å²) in [5.41, 5.74) is 16.1. The van der Waals surface area contributed by atoms with Gasteiger partial charge in [-0.2, -0.15) is 5.48 Å². The van der Waals surface area contributed by atoms with E-state index in [1.807, 2.05) is 47.1 Å². The summed E-state index contributed by atoms with van der Waals surface area (Å²) in [6.07, 6.45) is 7.56. The molecule has 1 aliphatic carbocycles. The number of carbonyl (C=O) groups excluding carboxylic acids is 1. The van der Waals surface area contributed by atoms with E-state index < -0.39 is 19.8 Å². The van der Waals surface area contributed by atoms with Gasteiger partial charge in [-0.3, -0.25) is 9.36 Å². The first-order valence-corrected chi connectivity index (χ1v) is 12.2. The van der Waals surface area contributed by atoms with Crippen LogP contribution in [0.5, 0.6) is 0 Å². The average Bonchev–Trinajstić information content (AvgIpc) is 3.46. The number of nitrogens with zero attached hydrogens (tertiary/aromatic N) is 4. The number of allylic oxidation sites excluding steroid dienone is 1. The van der Waals surface area contributed by atoms with Crippen molar-refractivity contribution in [1.82, 2.24) is 25.0 Å². The number of imidazole rings is 1. The van der Waals surface area contributed by atoms with Crippen LogP contribution in [-0.4, -0.2) is 38.1 Å². The van der Waals surface area contributed by atoms with Gasteiger partial charge in [-0.15, -0.1) is 0 Å². The Hall–Kier alpha value is -3.15. The number of nitrogens with two attached hydrogens (primary N) is 2. The zero-order valence-electron chi connectivity index (χ0n) is 18.5. The zero-order chi connectivity index (χ0) is 24.1. The van der Waals surface area contributed by atoms with E-state index in [1.165, 1.54) is 13.3 Å². The van der Waals surface area contributed by atoms with E-state index in [-0.39, 0.29) is 25.2 Å². The molecular formula is C21H26N7O5P. The molecule has 0 saturated carbocycles. The average molecular weight is 487 g/mol. The molecule has 180 valence electrons. The van der Waals surface area contributed by atoms with Crippen LogP contribution in [0.1, 0.15) is 24.9 Å². The highest BCUT2D eigenvalue weighted by molar-refractivity contribution is 7.51. The van der Waals surface area contributed by atoms with Gasteiger partial charge in [0, 0.05) is 5.92 Å². The number of carbonyl (C=O) groups is 1. The molecule has 1 unspecified atom stereocenters. The van der Waals surface area contributed by atoms with Gasteiger partial charge < -0.3 is 14.8 Å². The fourth-order valence-electron chi connectivity index (χ4n) is 3.50. The molecule has 0 spiro atoms. The Bertz CT molecular complexity index is 1220. The molecule has 3 aromatic rings. The summed E-state index contributed by atoms with van der Waals surface area (Å²) in [6, 6.07) is 8.47. The number of benzene rings is 1. The van der Waals surface area contributed by atoms with E-state index in [0.717, 1.165) is 5.56 Å². The monoisotopic (exact) mass is 487 g/mol. The molecule has 2 heterocycles. The summed E-state index contributed by atoms with van der Waals surface area (Å²) >= 11 is 0. The first-order chi connectivity index (χ1) is 16.3. The fourth-order valence-corrected chi connectivity index (χ4v) is 4.36. The topological polar surface area (TPSA) is 170 Å². The van der Waals surface area contributed by atoms with E-state index in [4.69, 9.17) is 25.1 Å². The van der Waals surface area contributed by atoms with E-state index in [9.17, 15) is 9.36 Å². The van der Waals surface area contributed by atoms with Gasteiger partial charge >= 0.3 is 13.7 Å². The van der Waals surface area contributed by atoms with Gasteiger partial charge in [0.1, 0.15) is 17.9 Å². The number of hydroxylamine groups is 1. The van der Waals surface area contributed by atoms with Crippen molar-refractivity contribution in [3.8, 4) is 0 Å². The van der Waals surface area contributed by atoms with Crippen LogP contribution in [0.15, 0.2) is 55.1 Å². The minimum atomic E-state index is -4.11. The lowest BCUT2D eigenvalue weighted by molar-refractivity contribution is -0.141. The summed E-state index contributed by atoms with van der Waals surface area (Å²) < 4.78 is 24.5. The molecule has 0 saturated heterocycles. The van der Waals surface area contributed by atoms with Crippen LogP contribution in [0.4, 0.5) is 5.82 Å². The largest absolute Gasteiger partial charge is 0.458 e. The van der Waals surface area contributed by atoms with Crippen molar-refractivity contribution < 1.29 is 23.2 Å². The Morgan fingerprint density at radius 2 is 2.06 bits per heavy atom. The molecule has 5 N–H and O–H groups in total. The quantitative estimate of drug-likeness (QED) is 0.218. The highest BCUT2D eigenvalue weighted by Gasteiger charge is 2.30. The van der Waals surface area contributed by atoms with Gasteiger partial charge in [-0.1, -0.05) is 42.5 Å². The highest BCUT2D eigenvalue weighted by Crippen LogP contribution is 2.41. The van der Waals surface area contributed by atoms with Crippen molar-refractivity contribution in [3.63, 3.8) is 0 Å². The van der Waals surface area contributed by atoms with Crippen molar-refractivity contribution in [2.24, 2.45) is 11.4 Å². The number of anilines is 1. The molecule has 0 radical (unpaired) electrons. The van der Waals surface area contributed by atoms with Crippen LogP contribution in [0.25, 0.3) is 11.2 Å². The Labute approximate surface area is 195 Å². The van der Waals surface area contributed by atoms with Gasteiger partial charge in [0.05, 0.1) is 25.6 Å². The SMILES string of the molecule is C[C@H](NOCc1ccccc1)C(=O)OP(N)(=O)OC[C@H]1C=C[C@@H](n2cnc3c(N)ncnc32)C1. The Morgan fingerprint density at radius 1 is 1.26 bits per heavy atom. The smallest absolute Gasteiger partial charge is 0.382 e. The highest BCUT2D eigenvalue weighted by atomic mass is 31.2. The molecule has 4 atom stereocenters. The van der Waals surface area contributed by atoms with Crippen LogP contribution in [-0.2, 0) is 29.9 Å². The molecule has 0 amide bonds. The molecule has 1 aliphatic rings. The third-order valence-electron chi connectivity index (χ3n) is 5.28. The normalized spacial score (nSPS) is 20.3. The number of fused-ring (bicyclic) bond motifs is 1. The summed E-state index contributed by atoms with van der Waals surface area (Å²) in [5.74, 6) is -0.631. The number of hydrogen-bond donors (Lipinski definition) is 3. The molecule has 0 fully saturated rings. The third-order valence-corrected chi connectivity index (χ3v) is 6.22. The number of nitrogens with one attached hydrogen (secondary N) is 1. The van der Waals surface area contributed by atoms with Crippen LogP contribution in [0.3, 0.4) is 0 Å². The Kier molecular flexibility index (Phi) is 7.35. The van der Waals surface area contributed by atoms with Crippen molar-refractivity contribution in [2.75, 3.05) is 12.3 Å². The molecular weight excluding hydrogens is 461 g/mol. The number of rotatable bonds is 10. The molecule has 2 aromatic heterocycles. The second kappa shape index (κ2) is 10.4. The van der Waals surface area contributed by atoms with Gasteiger partial charge in [-0.25, -0.2) is 29.8 Å². The molecule has 0 aliphatic heterocycles. The van der Waals surface area contributed by atoms with Gasteiger partial charge in [-0.05, 0) is 18.9 Å². The molecule has 12 nitrogen and oxygen atoms in total. The lowest BCUT2D eigenvalue weighted by Crippen LogP contribution is -2.35. The van der Waals surface area contributed by atoms with E-state index in [0.29, 0.717) is 23.4 Å². The van der Waals surface area contributed by atoms with Crippen LogP contribution in [0.2, 0.25) is 0 Å². The zero-order valence-corrected chi connectivity index (χ0v) is 19.4. The summed E-state index contributed by atoms with van der Waals surface area (Å²) in [6.45, 7) is 1.77. The molecule has 1 aromatic carbocycles. The lowest BCUT2D eigenvalue weighted by atomic mass is 10.1. The maximum atomic E-state index is 12.5. The summed E-state index contributed by atoms with van der Waals surface area (Å²) in [7, 11) is -4.11. The Balaban J connectivity index is 1.23. The predicted molar refractivity (Wildman–Crippen MR) is 124 cm³/mol. The van der Waals surface area contributed by atoms with Crippen LogP contribution in [0, 0.1) is 5.92 Å². The second-order valence-corrected chi connectivity index (χ2v) is 9.41. The number of nitrogen functional groups attached to an aromatic ring is 1. The number of hydrogen-bond acceptors (Lipinski definition) is 10. The molecule has 0 bridgehead atoms. The van der Waals surface area contributed by atoms with Crippen molar-refractivity contribution >= 4 is 30.7 Å². The minimum absolute atomic E-state index is 0.0180. The van der Waals surface area contributed by atoms with Gasteiger partial charge in [0.2, 0.25) is 0 Å². The lowest BCUT2D eigenvalue weighted by Gasteiger charge is -2.19. The third kappa shape index (κ3) is 5.85. The molecule has 34 heavy (non-hydrogen) atoms. The van der Waals surface area contributed by atoms with Crippen LogP contribution >= 0.6 is 7.75 Å². The second-order valence-electron chi connectivity index (χ2n) is 7.89. The van der Waals surface area contributed by atoms with Crippen molar-refractivity contribution in [3.05, 3.63) is 60.7 Å². The Morgan fingerprint density at radius 3 is 2.85 bits per heavy atom. The first kappa shape index (κ1) is 24.0. The van der Waals surface area contributed by atoms with Crippen molar-refractivity contribution in [2.45, 2.75) is 32.0 Å². The minimum Gasteiger partial charge on any atom is -0.382 e. The van der Waals surface area contributed by atoms with E-state index in [2.05, 4.69) is 20.4 Å². The summed E-state index contributed by atoms with van der Waals surface area (Å²) in [4.78, 5) is 30.0. The fraction of sp³-hybridized carbons (Fsp3) is 0.333. The van der Waals surface area contributed by atoms with E-state index in [1.54, 1.807) is 6.33 Å². The van der Waals surface area contributed by atoms with Crippen molar-refractivity contribution in [1.29, 1.82) is 0 Å². The molecule has 13 heteroatoms. The van der Waals surface area contributed by atoms with Gasteiger partial charge in [0.25, 0.3) is 0 Å². The van der Waals surface area contributed by atoms with Gasteiger partial charge in [0.15, 0.2) is 11.5 Å².